The molecule has 1 aliphatic rings. The number of hydrogen-bond donors (Lipinski definition) is 0. The lowest BCUT2D eigenvalue weighted by molar-refractivity contribution is -0.144. The fourth-order valence-electron chi connectivity index (χ4n) is 3.03. The molecule has 2 rings (SSSR count). The second kappa shape index (κ2) is 6.14. The number of nitrogens with zero attached hydrogens (tertiary/aromatic N) is 5. The lowest BCUT2D eigenvalue weighted by atomic mass is 9.91. The van der Waals surface area contributed by atoms with E-state index in [1.165, 1.54) is 0 Å². The van der Waals surface area contributed by atoms with Crippen molar-refractivity contribution in [2.45, 2.75) is 73.0 Å². The van der Waals surface area contributed by atoms with Crippen molar-refractivity contribution in [3.63, 3.8) is 0 Å². The van der Waals surface area contributed by atoms with E-state index < -0.39 is 0 Å². The number of carbonyl (C=O) groups excluding carboxylic acids is 1. The van der Waals surface area contributed by atoms with Gasteiger partial charge in [-0.05, 0) is 34.6 Å². The smallest absolute Gasteiger partial charge is 0.228 e. The van der Waals surface area contributed by atoms with Gasteiger partial charge in [-0.2, -0.15) is 0 Å². The zero-order valence-corrected chi connectivity index (χ0v) is 16.6. The van der Waals surface area contributed by atoms with Crippen LogP contribution in [0.3, 0.4) is 0 Å². The third-order valence-corrected chi connectivity index (χ3v) is 4.58. The minimum atomic E-state index is -0.326. The van der Waals surface area contributed by atoms with E-state index in [1.807, 2.05) is 36.5 Å². The standard InChI is InChI=1S/C18H33N5O/c1-16(2,3)15(24)21-9-10-22(18(7,8)13-21)11-14-12-23(20-19-14)17(4,5)6/h12H,9-11,13H2,1-8H3. The molecule has 1 fully saturated rings. The molecule has 0 aromatic carbocycles. The Bertz CT molecular complexity index is 591. The molecule has 24 heavy (non-hydrogen) atoms. The summed E-state index contributed by atoms with van der Waals surface area (Å²) in [5, 5.41) is 8.58. The van der Waals surface area contributed by atoms with Gasteiger partial charge >= 0.3 is 0 Å². The number of hydrogen-bond acceptors (Lipinski definition) is 4. The maximum absolute atomic E-state index is 12.6. The predicted molar refractivity (Wildman–Crippen MR) is 95.5 cm³/mol. The van der Waals surface area contributed by atoms with Crippen molar-refractivity contribution in [1.82, 2.24) is 24.8 Å². The average Bonchev–Trinajstić information content (AvgIpc) is 2.87. The van der Waals surface area contributed by atoms with E-state index in [2.05, 4.69) is 49.8 Å². The Morgan fingerprint density at radius 3 is 2.25 bits per heavy atom. The van der Waals surface area contributed by atoms with Crippen molar-refractivity contribution in [3.05, 3.63) is 11.9 Å². The van der Waals surface area contributed by atoms with Gasteiger partial charge in [0.1, 0.15) is 0 Å². The van der Waals surface area contributed by atoms with Gasteiger partial charge in [-0.15, -0.1) is 5.10 Å². The Morgan fingerprint density at radius 1 is 1.17 bits per heavy atom. The van der Waals surface area contributed by atoms with Crippen LogP contribution in [0, 0.1) is 5.41 Å². The molecule has 1 aromatic rings. The van der Waals surface area contributed by atoms with Gasteiger partial charge in [0.15, 0.2) is 0 Å². The zero-order chi connectivity index (χ0) is 18.3. The molecule has 0 N–H and O–H groups in total. The number of piperazine rings is 1. The van der Waals surface area contributed by atoms with E-state index in [1.54, 1.807) is 0 Å². The molecule has 6 heteroatoms. The summed E-state index contributed by atoms with van der Waals surface area (Å²) >= 11 is 0. The number of carbonyl (C=O) groups is 1. The highest BCUT2D eigenvalue weighted by molar-refractivity contribution is 5.81. The molecule has 0 unspecified atom stereocenters. The van der Waals surface area contributed by atoms with Crippen LogP contribution < -0.4 is 0 Å². The Morgan fingerprint density at radius 2 is 1.79 bits per heavy atom. The summed E-state index contributed by atoms with van der Waals surface area (Å²) in [6, 6.07) is 0. The molecule has 0 atom stereocenters. The molecule has 0 bridgehead atoms. The molecule has 6 nitrogen and oxygen atoms in total. The molecule has 0 saturated carbocycles. The van der Waals surface area contributed by atoms with Crippen LogP contribution in [0.15, 0.2) is 6.20 Å². The van der Waals surface area contributed by atoms with Crippen LogP contribution in [0.1, 0.15) is 61.1 Å². The quantitative estimate of drug-likeness (QED) is 0.833. The van der Waals surface area contributed by atoms with E-state index in [0.717, 1.165) is 31.9 Å². The first-order chi connectivity index (χ1) is 10.8. The van der Waals surface area contributed by atoms with E-state index in [9.17, 15) is 4.79 Å². The largest absolute Gasteiger partial charge is 0.339 e. The molecule has 1 aromatic heterocycles. The van der Waals surface area contributed by atoms with E-state index in [-0.39, 0.29) is 22.4 Å². The fourth-order valence-corrected chi connectivity index (χ4v) is 3.03. The van der Waals surface area contributed by atoms with Crippen LogP contribution in [0.5, 0.6) is 0 Å². The lowest BCUT2D eigenvalue weighted by Gasteiger charge is -2.48. The van der Waals surface area contributed by atoms with Gasteiger partial charge in [0.05, 0.1) is 17.4 Å². The predicted octanol–water partition coefficient (Wildman–Crippen LogP) is 2.50. The maximum Gasteiger partial charge on any atom is 0.228 e. The highest BCUT2D eigenvalue weighted by Gasteiger charge is 2.38. The summed E-state index contributed by atoms with van der Waals surface area (Å²) in [5.74, 6) is 0.230. The number of rotatable bonds is 2. The fraction of sp³-hybridized carbons (Fsp3) is 0.833. The van der Waals surface area contributed by atoms with Gasteiger partial charge in [0.25, 0.3) is 0 Å². The number of aromatic nitrogens is 3. The SMILES string of the molecule is CC(C)(C)C(=O)N1CCN(Cc2cn(C(C)(C)C)nn2)C(C)(C)C1. The summed E-state index contributed by atoms with van der Waals surface area (Å²) in [6.45, 7) is 19.8. The Balaban J connectivity index is 2.06. The molecule has 0 spiro atoms. The molecular formula is C18H33N5O. The molecular weight excluding hydrogens is 302 g/mol. The monoisotopic (exact) mass is 335 g/mol. The summed E-state index contributed by atoms with van der Waals surface area (Å²) in [6.07, 6.45) is 2.03. The van der Waals surface area contributed by atoms with Crippen LogP contribution in [-0.2, 0) is 16.9 Å². The minimum Gasteiger partial charge on any atom is -0.339 e. The first-order valence-corrected chi connectivity index (χ1v) is 8.77. The van der Waals surface area contributed by atoms with Crippen LogP contribution in [-0.4, -0.2) is 55.9 Å². The van der Waals surface area contributed by atoms with Gasteiger partial charge in [0, 0.05) is 37.1 Å². The molecule has 1 amide bonds. The van der Waals surface area contributed by atoms with Crippen molar-refractivity contribution >= 4 is 5.91 Å². The molecule has 0 radical (unpaired) electrons. The summed E-state index contributed by atoms with van der Waals surface area (Å²) in [7, 11) is 0. The first-order valence-electron chi connectivity index (χ1n) is 8.77. The molecule has 2 heterocycles. The normalized spacial score (nSPS) is 19.6. The van der Waals surface area contributed by atoms with Gasteiger partial charge < -0.3 is 4.90 Å². The minimum absolute atomic E-state index is 0.0570. The molecule has 1 saturated heterocycles. The van der Waals surface area contributed by atoms with Gasteiger partial charge in [0.2, 0.25) is 5.91 Å². The highest BCUT2D eigenvalue weighted by atomic mass is 16.2. The van der Waals surface area contributed by atoms with Crippen molar-refractivity contribution < 1.29 is 4.79 Å². The Kier molecular flexibility index (Phi) is 4.83. The van der Waals surface area contributed by atoms with Gasteiger partial charge in [-0.3, -0.25) is 9.69 Å². The summed E-state index contributed by atoms with van der Waals surface area (Å²) in [5.41, 5.74) is 0.519. The summed E-state index contributed by atoms with van der Waals surface area (Å²) in [4.78, 5) is 17.0. The van der Waals surface area contributed by atoms with Gasteiger partial charge in [-0.25, -0.2) is 4.68 Å². The van der Waals surface area contributed by atoms with E-state index in [4.69, 9.17) is 0 Å². The van der Waals surface area contributed by atoms with Gasteiger partial charge in [-0.1, -0.05) is 26.0 Å². The van der Waals surface area contributed by atoms with E-state index in [0.29, 0.717) is 0 Å². The summed E-state index contributed by atoms with van der Waals surface area (Å²) < 4.78 is 1.91. The van der Waals surface area contributed by atoms with Crippen molar-refractivity contribution in [1.29, 1.82) is 0 Å². The van der Waals surface area contributed by atoms with Crippen LogP contribution in [0.4, 0.5) is 0 Å². The Labute approximate surface area is 146 Å². The molecule has 1 aliphatic heterocycles. The lowest BCUT2D eigenvalue weighted by Crippen LogP contribution is -2.61. The van der Waals surface area contributed by atoms with Crippen LogP contribution in [0.2, 0.25) is 0 Å². The van der Waals surface area contributed by atoms with Crippen LogP contribution >= 0.6 is 0 Å². The van der Waals surface area contributed by atoms with Crippen molar-refractivity contribution in [3.8, 4) is 0 Å². The maximum atomic E-state index is 12.6. The third-order valence-electron chi connectivity index (χ3n) is 4.58. The second-order valence-corrected chi connectivity index (χ2v) is 9.54. The topological polar surface area (TPSA) is 54.3 Å². The second-order valence-electron chi connectivity index (χ2n) is 9.54. The number of amides is 1. The third kappa shape index (κ3) is 4.15. The van der Waals surface area contributed by atoms with Crippen molar-refractivity contribution in [2.75, 3.05) is 19.6 Å². The Hall–Kier alpha value is -1.43. The van der Waals surface area contributed by atoms with E-state index >= 15 is 0 Å². The molecule has 136 valence electrons. The zero-order valence-electron chi connectivity index (χ0n) is 16.6. The van der Waals surface area contributed by atoms with Crippen molar-refractivity contribution in [2.24, 2.45) is 5.41 Å². The van der Waals surface area contributed by atoms with Crippen LogP contribution in [0.25, 0.3) is 0 Å². The first kappa shape index (κ1) is 18.9. The highest BCUT2D eigenvalue weighted by Crippen LogP contribution is 2.27. The molecule has 0 aliphatic carbocycles. The average molecular weight is 335 g/mol.